The Hall–Kier alpha value is -1.50. The molecular weight excluding hydrogens is 244 g/mol. The van der Waals surface area contributed by atoms with E-state index in [1.54, 1.807) is 6.92 Å². The van der Waals surface area contributed by atoms with Crippen LogP contribution in [0.2, 0.25) is 0 Å². The summed E-state index contributed by atoms with van der Waals surface area (Å²) in [5.74, 6) is -3.86. The maximum absolute atomic E-state index is 13.9. The number of aliphatic hydroxyl groups excluding tert-OH is 1. The summed E-state index contributed by atoms with van der Waals surface area (Å²) >= 11 is 0. The number of hydrogen-bond donors (Lipinski definition) is 2. The quantitative estimate of drug-likeness (QED) is 0.822. The number of halogens is 2. The molecule has 1 heterocycles. The first kappa shape index (κ1) is 12.9. The molecule has 5 nitrogen and oxygen atoms in total. The Morgan fingerprint density at radius 2 is 2.33 bits per heavy atom. The first-order valence-corrected chi connectivity index (χ1v) is 5.78. The van der Waals surface area contributed by atoms with Crippen molar-refractivity contribution >= 4 is 5.82 Å². The minimum atomic E-state index is -3.33. The van der Waals surface area contributed by atoms with Gasteiger partial charge >= 0.3 is 5.69 Å². The van der Waals surface area contributed by atoms with Crippen molar-refractivity contribution in [3.05, 3.63) is 22.7 Å². The van der Waals surface area contributed by atoms with Gasteiger partial charge in [0.15, 0.2) is 0 Å². The molecule has 2 rings (SSSR count). The molecular formula is C11H15F2N3O2. The van der Waals surface area contributed by atoms with E-state index in [0.29, 0.717) is 6.42 Å². The van der Waals surface area contributed by atoms with E-state index in [0.717, 1.165) is 4.57 Å². The summed E-state index contributed by atoms with van der Waals surface area (Å²) in [7, 11) is 0. The van der Waals surface area contributed by atoms with E-state index in [1.807, 2.05) is 0 Å². The molecule has 1 aliphatic rings. The van der Waals surface area contributed by atoms with Gasteiger partial charge in [0.1, 0.15) is 18.0 Å². The van der Waals surface area contributed by atoms with E-state index in [9.17, 15) is 18.7 Å². The zero-order valence-corrected chi connectivity index (χ0v) is 9.88. The van der Waals surface area contributed by atoms with Crippen molar-refractivity contribution in [1.29, 1.82) is 0 Å². The van der Waals surface area contributed by atoms with Gasteiger partial charge in [-0.3, -0.25) is 4.57 Å². The van der Waals surface area contributed by atoms with Crippen LogP contribution < -0.4 is 11.4 Å². The van der Waals surface area contributed by atoms with E-state index in [2.05, 4.69) is 4.98 Å². The van der Waals surface area contributed by atoms with Crippen LogP contribution >= 0.6 is 0 Å². The average Bonchev–Trinajstić information content (AvgIpc) is 2.52. The smallest absolute Gasteiger partial charge is 0.349 e. The molecule has 1 saturated carbocycles. The Balaban J connectivity index is 2.42. The molecule has 100 valence electrons. The van der Waals surface area contributed by atoms with Gasteiger partial charge < -0.3 is 10.8 Å². The summed E-state index contributed by atoms with van der Waals surface area (Å²) < 4.78 is 28.7. The third kappa shape index (κ3) is 1.88. The summed E-state index contributed by atoms with van der Waals surface area (Å²) in [5, 5.41) is 9.58. The molecule has 0 radical (unpaired) electrons. The Labute approximate surface area is 102 Å². The summed E-state index contributed by atoms with van der Waals surface area (Å²) in [6, 6.07) is -0.0681. The van der Waals surface area contributed by atoms with Crippen LogP contribution in [-0.2, 0) is 0 Å². The molecule has 1 aromatic heterocycles. The van der Waals surface area contributed by atoms with Crippen molar-refractivity contribution in [2.75, 3.05) is 5.73 Å². The van der Waals surface area contributed by atoms with E-state index in [-0.39, 0.29) is 12.2 Å². The molecule has 1 aliphatic carbocycles. The number of rotatable bonds is 2. The molecule has 1 unspecified atom stereocenters. The third-order valence-electron chi connectivity index (χ3n) is 3.52. The van der Waals surface area contributed by atoms with Crippen LogP contribution in [0.3, 0.4) is 0 Å². The Kier molecular flexibility index (Phi) is 3.10. The highest BCUT2D eigenvalue weighted by molar-refractivity contribution is 5.24. The summed E-state index contributed by atoms with van der Waals surface area (Å²) in [5.41, 5.74) is 4.50. The lowest BCUT2D eigenvalue weighted by molar-refractivity contribution is -0.120. The number of aliphatic hydroxyl groups is 1. The van der Waals surface area contributed by atoms with E-state index >= 15 is 0 Å². The number of nitrogens with two attached hydrogens (primary N) is 1. The number of nitrogen functional groups attached to an aromatic ring is 1. The van der Waals surface area contributed by atoms with Crippen molar-refractivity contribution in [3.63, 3.8) is 0 Å². The van der Waals surface area contributed by atoms with Gasteiger partial charge in [0, 0.05) is 6.20 Å². The maximum Gasteiger partial charge on any atom is 0.349 e. The van der Waals surface area contributed by atoms with Gasteiger partial charge in [-0.2, -0.15) is 4.98 Å². The highest BCUT2D eigenvalue weighted by atomic mass is 19.3. The standard InChI is InChI=1S/C11H15F2N3O2/c1-2-6-5-7(11(12,13)9(6)17)16-4-3-8(14)15-10(16)18/h3-4,6-7,9,17H,2,5H2,1H3,(H2,14,15,18)/t6-,7?,9+/m0/s1. The molecule has 1 aromatic rings. The van der Waals surface area contributed by atoms with Gasteiger partial charge in [0.25, 0.3) is 5.92 Å². The predicted octanol–water partition coefficient (Wildman–Crippen LogP) is 0.793. The number of alkyl halides is 2. The van der Waals surface area contributed by atoms with Crippen molar-refractivity contribution in [2.45, 2.75) is 37.8 Å². The second kappa shape index (κ2) is 4.31. The zero-order valence-electron chi connectivity index (χ0n) is 9.88. The van der Waals surface area contributed by atoms with Gasteiger partial charge in [-0.25, -0.2) is 13.6 Å². The Morgan fingerprint density at radius 1 is 1.67 bits per heavy atom. The van der Waals surface area contributed by atoms with E-state index in [4.69, 9.17) is 5.73 Å². The lowest BCUT2D eigenvalue weighted by Gasteiger charge is -2.23. The fraction of sp³-hybridized carbons (Fsp3) is 0.636. The first-order chi connectivity index (χ1) is 8.37. The van der Waals surface area contributed by atoms with Gasteiger partial charge in [0.2, 0.25) is 0 Å². The van der Waals surface area contributed by atoms with Gasteiger partial charge in [-0.15, -0.1) is 0 Å². The number of anilines is 1. The predicted molar refractivity (Wildman–Crippen MR) is 61.3 cm³/mol. The lowest BCUT2D eigenvalue weighted by atomic mass is 10.0. The molecule has 1 fully saturated rings. The Morgan fingerprint density at radius 3 is 2.83 bits per heavy atom. The molecule has 0 aliphatic heterocycles. The van der Waals surface area contributed by atoms with Crippen molar-refractivity contribution in [3.8, 4) is 0 Å². The normalized spacial score (nSPS) is 30.6. The minimum Gasteiger partial charge on any atom is -0.386 e. The van der Waals surface area contributed by atoms with E-state index < -0.39 is 29.7 Å². The Bertz CT molecular complexity index is 503. The van der Waals surface area contributed by atoms with Crippen LogP contribution in [0.15, 0.2) is 17.1 Å². The third-order valence-corrected chi connectivity index (χ3v) is 3.52. The molecule has 0 amide bonds. The molecule has 0 aromatic carbocycles. The highest BCUT2D eigenvalue weighted by Gasteiger charge is 2.57. The largest absolute Gasteiger partial charge is 0.386 e. The van der Waals surface area contributed by atoms with Crippen molar-refractivity contribution < 1.29 is 13.9 Å². The average molecular weight is 259 g/mol. The fourth-order valence-corrected chi connectivity index (χ4v) is 2.44. The summed E-state index contributed by atoms with van der Waals surface area (Å²) in [6.45, 7) is 1.73. The zero-order chi connectivity index (χ0) is 13.5. The number of nitrogens with zero attached hydrogens (tertiary/aromatic N) is 2. The van der Waals surface area contributed by atoms with Crippen LogP contribution in [0, 0.1) is 5.92 Å². The van der Waals surface area contributed by atoms with Gasteiger partial charge in [-0.05, 0) is 18.4 Å². The van der Waals surface area contributed by atoms with Crippen molar-refractivity contribution in [2.24, 2.45) is 5.92 Å². The molecule has 7 heteroatoms. The van der Waals surface area contributed by atoms with Gasteiger partial charge in [0.05, 0.1) is 0 Å². The van der Waals surface area contributed by atoms with Crippen LogP contribution in [0.4, 0.5) is 14.6 Å². The summed E-state index contributed by atoms with van der Waals surface area (Å²) in [4.78, 5) is 15.0. The lowest BCUT2D eigenvalue weighted by Crippen LogP contribution is -2.40. The summed E-state index contributed by atoms with van der Waals surface area (Å²) in [6.07, 6.45) is -0.0360. The monoisotopic (exact) mass is 259 g/mol. The SMILES string of the molecule is CC[C@H]1CC(n2ccc(N)nc2=O)C(F)(F)[C@@H]1O. The molecule has 0 spiro atoms. The fourth-order valence-electron chi connectivity index (χ4n) is 2.44. The van der Waals surface area contributed by atoms with Crippen LogP contribution in [0.25, 0.3) is 0 Å². The number of hydrogen-bond acceptors (Lipinski definition) is 4. The maximum atomic E-state index is 13.9. The van der Waals surface area contributed by atoms with Crippen LogP contribution in [-0.4, -0.2) is 26.7 Å². The second-order valence-corrected chi connectivity index (χ2v) is 4.58. The number of aromatic nitrogens is 2. The minimum absolute atomic E-state index is 0.00912. The molecule has 3 N–H and O–H groups in total. The molecule has 3 atom stereocenters. The second-order valence-electron chi connectivity index (χ2n) is 4.58. The van der Waals surface area contributed by atoms with Gasteiger partial charge in [-0.1, -0.05) is 13.3 Å². The molecule has 18 heavy (non-hydrogen) atoms. The first-order valence-electron chi connectivity index (χ1n) is 5.78. The molecule has 0 saturated heterocycles. The molecule has 0 bridgehead atoms. The highest BCUT2D eigenvalue weighted by Crippen LogP contribution is 2.47. The van der Waals surface area contributed by atoms with Crippen molar-refractivity contribution in [1.82, 2.24) is 9.55 Å². The topological polar surface area (TPSA) is 81.1 Å². The van der Waals surface area contributed by atoms with Crippen LogP contribution in [0.5, 0.6) is 0 Å². The van der Waals surface area contributed by atoms with Crippen LogP contribution in [0.1, 0.15) is 25.8 Å². The van der Waals surface area contributed by atoms with E-state index in [1.165, 1.54) is 12.3 Å².